The highest BCUT2D eigenvalue weighted by molar-refractivity contribution is 6.52. The van der Waals surface area contributed by atoms with E-state index in [2.05, 4.69) is 5.32 Å². The number of aromatic nitrogens is 1. The second kappa shape index (κ2) is 9.97. The molecule has 1 heterocycles. The largest absolute Gasteiger partial charge is 0.497 e. The Morgan fingerprint density at radius 1 is 0.912 bits per heavy atom. The molecule has 0 aliphatic rings. The van der Waals surface area contributed by atoms with Crippen LogP contribution in [0.15, 0.2) is 60.7 Å². The fourth-order valence-electron chi connectivity index (χ4n) is 3.62. The highest BCUT2D eigenvalue weighted by Crippen LogP contribution is 2.35. The highest BCUT2D eigenvalue weighted by atomic mass is 35.5. The Kier molecular flexibility index (Phi) is 7.03. The van der Waals surface area contributed by atoms with Crippen LogP contribution in [0, 0.1) is 0 Å². The maximum atomic E-state index is 13.3. The number of nitrogens with one attached hydrogen (secondary N) is 1. The third-order valence-corrected chi connectivity index (χ3v) is 6.29. The number of benzene rings is 3. The van der Waals surface area contributed by atoms with Gasteiger partial charge < -0.3 is 19.4 Å². The van der Waals surface area contributed by atoms with E-state index >= 15 is 0 Å². The van der Waals surface area contributed by atoms with Crippen LogP contribution in [0.5, 0.6) is 11.5 Å². The van der Waals surface area contributed by atoms with Crippen molar-refractivity contribution in [1.29, 1.82) is 0 Å². The van der Waals surface area contributed by atoms with Crippen LogP contribution in [0.2, 0.25) is 15.2 Å². The topological polar surface area (TPSA) is 69.6 Å². The van der Waals surface area contributed by atoms with Crippen LogP contribution in [0.1, 0.15) is 15.9 Å². The van der Waals surface area contributed by atoms with Crippen LogP contribution < -0.4 is 14.8 Å². The van der Waals surface area contributed by atoms with Gasteiger partial charge in [-0.3, -0.25) is 9.59 Å². The Balaban J connectivity index is 1.77. The predicted molar refractivity (Wildman–Crippen MR) is 135 cm³/mol. The number of halogens is 3. The van der Waals surface area contributed by atoms with Crippen molar-refractivity contribution in [2.75, 3.05) is 19.5 Å². The molecule has 3 aromatic carbocycles. The van der Waals surface area contributed by atoms with Gasteiger partial charge in [-0.1, -0.05) is 46.9 Å². The lowest BCUT2D eigenvalue weighted by Gasteiger charge is -2.10. The van der Waals surface area contributed by atoms with E-state index in [9.17, 15) is 9.59 Å². The minimum atomic E-state index is -0.832. The van der Waals surface area contributed by atoms with Gasteiger partial charge in [0.2, 0.25) is 0 Å². The molecule has 4 aromatic rings. The van der Waals surface area contributed by atoms with Gasteiger partial charge in [0.15, 0.2) is 0 Å². The van der Waals surface area contributed by atoms with E-state index in [1.807, 2.05) is 0 Å². The summed E-state index contributed by atoms with van der Waals surface area (Å²) in [4.78, 5) is 26.2. The van der Waals surface area contributed by atoms with Gasteiger partial charge in [-0.2, -0.15) is 0 Å². The van der Waals surface area contributed by atoms with Crippen LogP contribution >= 0.6 is 34.8 Å². The number of ketones is 1. The van der Waals surface area contributed by atoms with Crippen LogP contribution in [-0.2, 0) is 11.3 Å². The quantitative estimate of drug-likeness (QED) is 0.225. The Morgan fingerprint density at radius 2 is 1.65 bits per heavy atom. The second-order valence-electron chi connectivity index (χ2n) is 7.39. The summed E-state index contributed by atoms with van der Waals surface area (Å²) in [7, 11) is 3.03. The number of ether oxygens (including phenoxy) is 2. The molecule has 1 aromatic heterocycles. The van der Waals surface area contributed by atoms with E-state index in [1.165, 1.54) is 14.2 Å². The summed E-state index contributed by atoms with van der Waals surface area (Å²) in [5.41, 5.74) is 1.89. The molecular weight excluding hydrogens is 499 g/mol. The molecule has 6 nitrogen and oxygen atoms in total. The number of fused-ring (bicyclic) bond motifs is 1. The number of amides is 1. The van der Waals surface area contributed by atoms with Crippen molar-refractivity contribution in [2.24, 2.45) is 0 Å². The van der Waals surface area contributed by atoms with Gasteiger partial charge in [0.25, 0.3) is 11.7 Å². The molecule has 0 aliphatic heterocycles. The van der Waals surface area contributed by atoms with Crippen molar-refractivity contribution >= 4 is 63.1 Å². The van der Waals surface area contributed by atoms with E-state index in [0.29, 0.717) is 38.1 Å². The van der Waals surface area contributed by atoms with E-state index in [-0.39, 0.29) is 17.3 Å². The number of nitrogens with zero attached hydrogens (tertiary/aromatic N) is 1. The highest BCUT2D eigenvalue weighted by Gasteiger charge is 2.27. The minimum absolute atomic E-state index is 0.0704. The molecule has 0 saturated heterocycles. The molecule has 0 atom stereocenters. The molecule has 0 spiro atoms. The number of carbonyl (C=O) groups excluding carboxylic acids is 2. The second-order valence-corrected chi connectivity index (χ2v) is 8.59. The fraction of sp³-hybridized carbons (Fsp3) is 0.120. The van der Waals surface area contributed by atoms with Crippen LogP contribution in [0.4, 0.5) is 5.69 Å². The number of methoxy groups -OCH3 is 2. The Hall–Kier alpha value is -3.19. The van der Waals surface area contributed by atoms with Gasteiger partial charge >= 0.3 is 0 Å². The lowest BCUT2D eigenvalue weighted by atomic mass is 10.1. The molecule has 9 heteroatoms. The molecular formula is C25H19Cl3N2O4. The number of hydrogen-bond acceptors (Lipinski definition) is 4. The van der Waals surface area contributed by atoms with Crippen molar-refractivity contribution in [3.05, 3.63) is 87.0 Å². The maximum absolute atomic E-state index is 13.3. The predicted octanol–water partition coefficient (Wildman–Crippen LogP) is 6.49. The smallest absolute Gasteiger partial charge is 0.296 e. The normalized spacial score (nSPS) is 10.9. The summed E-state index contributed by atoms with van der Waals surface area (Å²) in [5, 5.41) is 4.17. The Labute approximate surface area is 210 Å². The van der Waals surface area contributed by atoms with Crippen molar-refractivity contribution in [3.63, 3.8) is 0 Å². The van der Waals surface area contributed by atoms with E-state index in [4.69, 9.17) is 44.3 Å². The number of hydrogen-bond donors (Lipinski definition) is 1. The van der Waals surface area contributed by atoms with Gasteiger partial charge in [0.1, 0.15) is 16.7 Å². The molecule has 174 valence electrons. The third kappa shape index (κ3) is 4.71. The molecule has 4 rings (SSSR count). The van der Waals surface area contributed by atoms with Gasteiger partial charge in [-0.25, -0.2) is 0 Å². The number of carbonyl (C=O) groups is 2. The summed E-state index contributed by atoms with van der Waals surface area (Å²) in [6, 6.07) is 17.1. The zero-order chi connectivity index (χ0) is 24.4. The first-order chi connectivity index (χ1) is 16.3. The molecule has 34 heavy (non-hydrogen) atoms. The lowest BCUT2D eigenvalue weighted by Crippen LogP contribution is -2.23. The van der Waals surface area contributed by atoms with Crippen LogP contribution in [0.25, 0.3) is 10.9 Å². The zero-order valence-electron chi connectivity index (χ0n) is 18.2. The Bertz CT molecular complexity index is 1420. The summed E-state index contributed by atoms with van der Waals surface area (Å²) < 4.78 is 12.2. The number of Topliss-reactive ketones (excluding diaryl/α,β-unsaturated/α-hetero) is 1. The molecule has 0 radical (unpaired) electrons. The number of anilines is 1. The fourth-order valence-corrected chi connectivity index (χ4v) is 4.43. The Morgan fingerprint density at radius 3 is 2.35 bits per heavy atom. The molecule has 0 fully saturated rings. The van der Waals surface area contributed by atoms with Crippen LogP contribution in [-0.4, -0.2) is 30.5 Å². The standard InChI is InChI=1S/C25H19Cl3N2O4/c1-33-17-5-3-4-16(11-17)29-25(32)23(31)22-19-12-18(34-2)8-9-21(19)30(24(22)28)13-14-6-7-15(26)10-20(14)27/h3-12H,13H2,1-2H3,(H,29,32). The van der Waals surface area contributed by atoms with Gasteiger partial charge in [-0.15, -0.1) is 0 Å². The monoisotopic (exact) mass is 516 g/mol. The molecule has 1 amide bonds. The van der Waals surface area contributed by atoms with E-state index in [1.54, 1.807) is 65.2 Å². The minimum Gasteiger partial charge on any atom is -0.497 e. The molecule has 0 bridgehead atoms. The molecule has 0 saturated carbocycles. The van der Waals surface area contributed by atoms with Crippen LogP contribution in [0.3, 0.4) is 0 Å². The van der Waals surface area contributed by atoms with Crippen molar-refractivity contribution < 1.29 is 19.1 Å². The van der Waals surface area contributed by atoms with Gasteiger partial charge in [0, 0.05) is 27.2 Å². The summed E-state index contributed by atoms with van der Waals surface area (Å²) in [5.74, 6) is -0.550. The average Bonchev–Trinajstić information content (AvgIpc) is 3.10. The first kappa shape index (κ1) is 24.0. The van der Waals surface area contributed by atoms with Crippen molar-refractivity contribution in [1.82, 2.24) is 4.57 Å². The van der Waals surface area contributed by atoms with Crippen molar-refractivity contribution in [2.45, 2.75) is 6.54 Å². The van der Waals surface area contributed by atoms with E-state index in [0.717, 1.165) is 5.56 Å². The average molecular weight is 518 g/mol. The summed E-state index contributed by atoms with van der Waals surface area (Å²) in [6.07, 6.45) is 0. The third-order valence-electron chi connectivity index (χ3n) is 5.31. The number of rotatable bonds is 7. The first-order valence-corrected chi connectivity index (χ1v) is 11.2. The molecule has 0 unspecified atom stereocenters. The van der Waals surface area contributed by atoms with E-state index < -0.39 is 11.7 Å². The zero-order valence-corrected chi connectivity index (χ0v) is 20.5. The molecule has 0 aliphatic carbocycles. The van der Waals surface area contributed by atoms with Crippen molar-refractivity contribution in [3.8, 4) is 11.5 Å². The first-order valence-electron chi connectivity index (χ1n) is 10.1. The van der Waals surface area contributed by atoms with Gasteiger partial charge in [-0.05, 0) is 48.0 Å². The molecule has 1 N–H and O–H groups in total. The summed E-state index contributed by atoms with van der Waals surface area (Å²) >= 11 is 19.1. The maximum Gasteiger partial charge on any atom is 0.296 e. The van der Waals surface area contributed by atoms with Gasteiger partial charge in [0.05, 0.1) is 31.8 Å². The summed E-state index contributed by atoms with van der Waals surface area (Å²) in [6.45, 7) is 0.266. The SMILES string of the molecule is COc1cccc(NC(=O)C(=O)c2c(Cl)n(Cc3ccc(Cl)cc3Cl)c3ccc(OC)cc23)c1. The lowest BCUT2D eigenvalue weighted by molar-refractivity contribution is -0.112.